The van der Waals surface area contributed by atoms with Crippen molar-refractivity contribution in [2.45, 2.75) is 31.8 Å². The number of nitrogens with one attached hydrogen (secondary N) is 2. The summed E-state index contributed by atoms with van der Waals surface area (Å²) >= 11 is 0. The first-order valence-electron chi connectivity index (χ1n) is 7.19. The highest BCUT2D eigenvalue weighted by Gasteiger charge is 2.27. The van der Waals surface area contributed by atoms with Gasteiger partial charge < -0.3 is 10.6 Å². The molecule has 0 spiro atoms. The van der Waals surface area contributed by atoms with Crippen LogP contribution in [0.25, 0.3) is 0 Å². The van der Waals surface area contributed by atoms with Crippen molar-refractivity contribution in [2.24, 2.45) is 0 Å². The minimum atomic E-state index is -0.762. The minimum Gasteiger partial charge on any atom is -0.320 e. The third-order valence-electron chi connectivity index (χ3n) is 4.00. The van der Waals surface area contributed by atoms with E-state index in [1.54, 1.807) is 6.92 Å². The van der Waals surface area contributed by atoms with Crippen molar-refractivity contribution >= 4 is 24.0 Å². The summed E-state index contributed by atoms with van der Waals surface area (Å²) in [6, 6.07) is 3.44. The summed E-state index contributed by atoms with van der Waals surface area (Å²) in [5.41, 5.74) is -0.378. The smallest absolute Gasteiger partial charge is 0.241 e. The second-order valence-corrected chi connectivity index (χ2v) is 5.38. The van der Waals surface area contributed by atoms with Crippen molar-refractivity contribution in [3.63, 3.8) is 0 Å². The van der Waals surface area contributed by atoms with E-state index in [2.05, 4.69) is 10.6 Å². The molecular weight excluding hydrogens is 312 g/mol. The van der Waals surface area contributed by atoms with Crippen LogP contribution in [-0.4, -0.2) is 43.0 Å². The fourth-order valence-corrected chi connectivity index (χ4v) is 2.60. The number of nitrogens with zero attached hydrogens (tertiary/aromatic N) is 1. The summed E-state index contributed by atoms with van der Waals surface area (Å²) in [6.45, 7) is 3.32. The lowest BCUT2D eigenvalue weighted by atomic mass is 10.0. The molecule has 0 aliphatic carbocycles. The predicted molar refractivity (Wildman–Crippen MR) is 85.4 cm³/mol. The number of hydrogen-bond donors (Lipinski definition) is 2. The number of likely N-dealkylation sites (tertiary alicyclic amines) is 1. The number of carbonyl (C=O) groups is 1. The van der Waals surface area contributed by atoms with Crippen LogP contribution in [0.2, 0.25) is 0 Å². The maximum atomic E-state index is 13.6. The maximum Gasteiger partial charge on any atom is 0.241 e. The number of piperidine rings is 1. The molecule has 2 N–H and O–H groups in total. The SMILES string of the molecule is CNC1CCCN(C(C)C(=O)Nc2c(F)cccc2F)C1.Cl. The molecule has 0 bridgehead atoms. The molecule has 1 saturated heterocycles. The Balaban J connectivity index is 0.00000242. The van der Waals surface area contributed by atoms with Crippen molar-refractivity contribution < 1.29 is 13.6 Å². The van der Waals surface area contributed by atoms with Crippen LogP contribution >= 0.6 is 12.4 Å². The number of anilines is 1. The third kappa shape index (κ3) is 4.38. The number of halogens is 3. The zero-order valence-electron chi connectivity index (χ0n) is 12.7. The standard InChI is InChI=1S/C15H21F2N3O.ClH/c1-10(20-8-4-5-11(9-20)18-2)15(21)19-14-12(16)6-3-7-13(14)17;/h3,6-7,10-11,18H,4-5,8-9H2,1-2H3,(H,19,21);1H. The molecule has 7 heteroatoms. The largest absolute Gasteiger partial charge is 0.320 e. The first-order valence-corrected chi connectivity index (χ1v) is 7.19. The van der Waals surface area contributed by atoms with E-state index in [1.165, 1.54) is 6.07 Å². The molecule has 2 rings (SSSR count). The molecule has 1 fully saturated rings. The molecule has 124 valence electrons. The van der Waals surface area contributed by atoms with Crippen LogP contribution < -0.4 is 10.6 Å². The van der Waals surface area contributed by atoms with Gasteiger partial charge in [0, 0.05) is 12.6 Å². The summed E-state index contributed by atoms with van der Waals surface area (Å²) in [5.74, 6) is -1.92. The van der Waals surface area contributed by atoms with Gasteiger partial charge >= 0.3 is 0 Å². The van der Waals surface area contributed by atoms with Gasteiger partial charge in [-0.1, -0.05) is 6.07 Å². The topological polar surface area (TPSA) is 44.4 Å². The summed E-state index contributed by atoms with van der Waals surface area (Å²) in [5, 5.41) is 5.56. The van der Waals surface area contributed by atoms with E-state index >= 15 is 0 Å². The van der Waals surface area contributed by atoms with Gasteiger partial charge in [-0.3, -0.25) is 9.69 Å². The fourth-order valence-electron chi connectivity index (χ4n) is 2.60. The monoisotopic (exact) mass is 333 g/mol. The second kappa shape index (κ2) is 8.41. The van der Waals surface area contributed by atoms with Crippen molar-refractivity contribution in [2.75, 3.05) is 25.5 Å². The van der Waals surface area contributed by atoms with Gasteiger partial charge in [0.05, 0.1) is 6.04 Å². The van der Waals surface area contributed by atoms with Gasteiger partial charge in [0.2, 0.25) is 5.91 Å². The normalized spacial score (nSPS) is 20.1. The van der Waals surface area contributed by atoms with E-state index in [1.807, 2.05) is 11.9 Å². The lowest BCUT2D eigenvalue weighted by molar-refractivity contribution is -0.121. The molecule has 22 heavy (non-hydrogen) atoms. The third-order valence-corrected chi connectivity index (χ3v) is 4.00. The number of likely N-dealkylation sites (N-methyl/N-ethyl adjacent to an activating group) is 1. The number of para-hydroxylation sites is 1. The summed E-state index contributed by atoms with van der Waals surface area (Å²) in [7, 11) is 1.90. The van der Waals surface area contributed by atoms with Gasteiger partial charge in [0.25, 0.3) is 0 Å². The van der Waals surface area contributed by atoms with Gasteiger partial charge in [0.1, 0.15) is 17.3 Å². The molecule has 1 heterocycles. The molecule has 0 radical (unpaired) electrons. The molecule has 4 nitrogen and oxygen atoms in total. The number of amides is 1. The van der Waals surface area contributed by atoms with E-state index in [4.69, 9.17) is 0 Å². The zero-order valence-corrected chi connectivity index (χ0v) is 13.6. The Labute approximate surface area is 135 Å². The molecular formula is C15H22ClF2N3O. The molecule has 1 aromatic rings. The van der Waals surface area contributed by atoms with Crippen LogP contribution in [-0.2, 0) is 4.79 Å². The average molecular weight is 334 g/mol. The van der Waals surface area contributed by atoms with Gasteiger partial charge in [0.15, 0.2) is 0 Å². The molecule has 2 unspecified atom stereocenters. The van der Waals surface area contributed by atoms with Crippen LogP contribution in [0, 0.1) is 11.6 Å². The molecule has 1 aromatic carbocycles. The Kier molecular flexibility index (Phi) is 7.19. The first-order chi connectivity index (χ1) is 10.0. The van der Waals surface area contributed by atoms with Crippen molar-refractivity contribution in [1.29, 1.82) is 0 Å². The van der Waals surface area contributed by atoms with E-state index < -0.39 is 23.6 Å². The van der Waals surface area contributed by atoms with Gasteiger partial charge in [-0.15, -0.1) is 12.4 Å². The lowest BCUT2D eigenvalue weighted by Crippen LogP contribution is -2.51. The van der Waals surface area contributed by atoms with Crippen LogP contribution in [0.1, 0.15) is 19.8 Å². The molecule has 1 aliphatic heterocycles. The number of benzene rings is 1. The number of hydrogen-bond acceptors (Lipinski definition) is 3. The summed E-state index contributed by atoms with van der Waals surface area (Å²) < 4.78 is 27.1. The van der Waals surface area contributed by atoms with E-state index in [0.29, 0.717) is 6.04 Å². The highest BCUT2D eigenvalue weighted by Crippen LogP contribution is 2.19. The highest BCUT2D eigenvalue weighted by molar-refractivity contribution is 5.94. The highest BCUT2D eigenvalue weighted by atomic mass is 35.5. The van der Waals surface area contributed by atoms with E-state index in [9.17, 15) is 13.6 Å². The summed E-state index contributed by atoms with van der Waals surface area (Å²) in [6.07, 6.45) is 2.07. The van der Waals surface area contributed by atoms with Crippen molar-refractivity contribution in [3.8, 4) is 0 Å². The van der Waals surface area contributed by atoms with Crippen LogP contribution in [0.4, 0.5) is 14.5 Å². The Morgan fingerprint density at radius 3 is 2.59 bits per heavy atom. The molecule has 1 amide bonds. The Hall–Kier alpha value is -1.24. The number of rotatable bonds is 4. The van der Waals surface area contributed by atoms with Gasteiger partial charge in [-0.2, -0.15) is 0 Å². The van der Waals surface area contributed by atoms with Gasteiger partial charge in [-0.25, -0.2) is 8.78 Å². The summed E-state index contributed by atoms with van der Waals surface area (Å²) in [4.78, 5) is 14.2. The lowest BCUT2D eigenvalue weighted by Gasteiger charge is -2.35. The Bertz CT molecular complexity index is 495. The Morgan fingerprint density at radius 2 is 2.00 bits per heavy atom. The van der Waals surface area contributed by atoms with E-state index in [0.717, 1.165) is 38.1 Å². The Morgan fingerprint density at radius 1 is 1.36 bits per heavy atom. The van der Waals surface area contributed by atoms with Crippen molar-refractivity contribution in [1.82, 2.24) is 10.2 Å². The van der Waals surface area contributed by atoms with Crippen LogP contribution in [0.5, 0.6) is 0 Å². The minimum absolute atomic E-state index is 0. The maximum absolute atomic E-state index is 13.6. The quantitative estimate of drug-likeness (QED) is 0.889. The molecule has 0 aromatic heterocycles. The molecule has 1 aliphatic rings. The first kappa shape index (κ1) is 18.8. The molecule has 0 saturated carbocycles. The second-order valence-electron chi connectivity index (χ2n) is 5.38. The average Bonchev–Trinajstić information content (AvgIpc) is 2.50. The van der Waals surface area contributed by atoms with E-state index in [-0.39, 0.29) is 18.1 Å². The zero-order chi connectivity index (χ0) is 15.4. The van der Waals surface area contributed by atoms with Crippen molar-refractivity contribution in [3.05, 3.63) is 29.8 Å². The predicted octanol–water partition coefficient (Wildman–Crippen LogP) is 2.40. The fraction of sp³-hybridized carbons (Fsp3) is 0.533. The van der Waals surface area contributed by atoms with Gasteiger partial charge in [-0.05, 0) is 45.5 Å². The van der Waals surface area contributed by atoms with Crippen LogP contribution in [0.15, 0.2) is 18.2 Å². The molecule has 2 atom stereocenters. The number of carbonyl (C=O) groups excluding carboxylic acids is 1. The van der Waals surface area contributed by atoms with Crippen LogP contribution in [0.3, 0.4) is 0 Å².